The van der Waals surface area contributed by atoms with E-state index in [-0.39, 0.29) is 12.1 Å². The quantitative estimate of drug-likeness (QED) is 0.225. The van der Waals surface area contributed by atoms with Crippen LogP contribution < -0.4 is 5.73 Å². The van der Waals surface area contributed by atoms with Gasteiger partial charge in [-0.3, -0.25) is 0 Å². The van der Waals surface area contributed by atoms with E-state index in [2.05, 4.69) is 5.16 Å². The second kappa shape index (κ2) is 3.62. The molecule has 0 aromatic carbocycles. The molecule has 0 heterocycles. The number of nitrogens with two attached hydrogens (primary N) is 1. The van der Waals surface area contributed by atoms with Gasteiger partial charge in [-0.2, -0.15) is 0 Å². The molecule has 0 saturated heterocycles. The third-order valence-electron chi connectivity index (χ3n) is 2.24. The molecule has 1 aliphatic carbocycles. The predicted octanol–water partition coefficient (Wildman–Crippen LogP) is -0.607. The molecule has 0 aromatic heterocycles. The topological polar surface area (TPSA) is 82.1 Å². The Labute approximate surface area is 71.5 Å². The van der Waals surface area contributed by atoms with Gasteiger partial charge in [0.05, 0.1) is 6.10 Å². The Balaban J connectivity index is 2.23. The number of guanidine groups is 1. The van der Waals surface area contributed by atoms with Crippen LogP contribution in [0.2, 0.25) is 0 Å². The van der Waals surface area contributed by atoms with Crippen LogP contribution in [-0.4, -0.2) is 40.9 Å². The lowest BCUT2D eigenvalue weighted by Gasteiger charge is -2.34. The van der Waals surface area contributed by atoms with E-state index in [0.29, 0.717) is 5.92 Å². The number of oxime groups is 1. The smallest absolute Gasteiger partial charge is 0.233 e. The number of aliphatic hydroxyl groups is 1. The Kier molecular flexibility index (Phi) is 2.75. The van der Waals surface area contributed by atoms with Gasteiger partial charge in [-0.15, -0.1) is 0 Å². The summed E-state index contributed by atoms with van der Waals surface area (Å²) in [4.78, 5) is 1.68. The van der Waals surface area contributed by atoms with E-state index in [4.69, 9.17) is 16.0 Å². The third-order valence-corrected chi connectivity index (χ3v) is 2.24. The molecule has 1 fully saturated rings. The zero-order valence-corrected chi connectivity index (χ0v) is 7.14. The first kappa shape index (κ1) is 9.12. The van der Waals surface area contributed by atoms with Crippen LogP contribution in [0.15, 0.2) is 5.16 Å². The van der Waals surface area contributed by atoms with Crippen LogP contribution >= 0.6 is 0 Å². The lowest BCUT2D eigenvalue weighted by atomic mass is 9.82. The summed E-state index contributed by atoms with van der Waals surface area (Å²) < 4.78 is 0. The van der Waals surface area contributed by atoms with Crippen molar-refractivity contribution in [1.82, 2.24) is 4.90 Å². The van der Waals surface area contributed by atoms with Crippen LogP contribution in [0.4, 0.5) is 0 Å². The van der Waals surface area contributed by atoms with E-state index < -0.39 is 0 Å². The minimum atomic E-state index is -0.143. The van der Waals surface area contributed by atoms with Crippen molar-refractivity contribution in [3.05, 3.63) is 0 Å². The highest BCUT2D eigenvalue weighted by Crippen LogP contribution is 2.27. The molecule has 0 aliphatic heterocycles. The average Bonchev–Trinajstić information content (AvgIpc) is 2.00. The van der Waals surface area contributed by atoms with Crippen molar-refractivity contribution in [1.29, 1.82) is 0 Å². The molecule has 70 valence electrons. The van der Waals surface area contributed by atoms with Crippen molar-refractivity contribution < 1.29 is 10.3 Å². The van der Waals surface area contributed by atoms with Gasteiger partial charge < -0.3 is 20.9 Å². The Morgan fingerprint density at radius 1 is 1.67 bits per heavy atom. The summed E-state index contributed by atoms with van der Waals surface area (Å²) in [6.07, 6.45) is 1.50. The maximum absolute atomic E-state index is 9.00. The van der Waals surface area contributed by atoms with Gasteiger partial charge in [0.2, 0.25) is 5.96 Å². The normalized spacial score (nSPS) is 29.7. The van der Waals surface area contributed by atoms with Crippen molar-refractivity contribution in [2.75, 3.05) is 13.6 Å². The molecule has 1 saturated carbocycles. The summed E-state index contributed by atoms with van der Waals surface area (Å²) in [6, 6.07) is 0. The number of nitrogens with zero attached hydrogens (tertiary/aromatic N) is 2. The molecule has 1 aliphatic rings. The number of aliphatic hydroxyl groups excluding tert-OH is 1. The fraction of sp³-hybridized carbons (Fsp3) is 0.857. The van der Waals surface area contributed by atoms with Crippen molar-refractivity contribution in [2.24, 2.45) is 16.8 Å². The van der Waals surface area contributed by atoms with Crippen LogP contribution in [0, 0.1) is 5.92 Å². The molecule has 0 aromatic rings. The monoisotopic (exact) mass is 173 g/mol. The molecule has 1 rings (SSSR count). The molecule has 5 nitrogen and oxygen atoms in total. The van der Waals surface area contributed by atoms with Crippen LogP contribution in [0.3, 0.4) is 0 Å². The Morgan fingerprint density at radius 3 is 2.67 bits per heavy atom. The van der Waals surface area contributed by atoms with Crippen LogP contribution in [0.25, 0.3) is 0 Å². The molecule has 0 radical (unpaired) electrons. The van der Waals surface area contributed by atoms with Gasteiger partial charge in [-0.1, -0.05) is 5.16 Å². The number of hydrogen-bond donors (Lipinski definition) is 3. The van der Waals surface area contributed by atoms with Gasteiger partial charge in [0.1, 0.15) is 0 Å². The maximum atomic E-state index is 9.00. The minimum absolute atomic E-state index is 0.122. The summed E-state index contributed by atoms with van der Waals surface area (Å²) in [5, 5.41) is 20.2. The second-order valence-electron chi connectivity index (χ2n) is 3.33. The lowest BCUT2D eigenvalue weighted by Crippen LogP contribution is -2.42. The largest absolute Gasteiger partial charge is 0.408 e. The Hall–Kier alpha value is -0.970. The minimum Gasteiger partial charge on any atom is -0.408 e. The summed E-state index contributed by atoms with van der Waals surface area (Å²) in [6.45, 7) is 0.743. The summed E-state index contributed by atoms with van der Waals surface area (Å²) in [5.74, 6) is 0.599. The zero-order valence-electron chi connectivity index (χ0n) is 7.14. The fourth-order valence-corrected chi connectivity index (χ4v) is 1.41. The van der Waals surface area contributed by atoms with Gasteiger partial charge >= 0.3 is 0 Å². The third kappa shape index (κ3) is 2.01. The van der Waals surface area contributed by atoms with Crippen LogP contribution in [0.1, 0.15) is 12.8 Å². The van der Waals surface area contributed by atoms with Crippen molar-refractivity contribution in [3.8, 4) is 0 Å². The highest BCUT2D eigenvalue weighted by Gasteiger charge is 2.28. The van der Waals surface area contributed by atoms with E-state index in [1.807, 2.05) is 0 Å². The number of rotatable bonds is 2. The van der Waals surface area contributed by atoms with E-state index in [1.54, 1.807) is 11.9 Å². The molecule has 12 heavy (non-hydrogen) atoms. The summed E-state index contributed by atoms with van der Waals surface area (Å²) in [7, 11) is 1.76. The highest BCUT2D eigenvalue weighted by atomic mass is 16.4. The van der Waals surface area contributed by atoms with Crippen molar-refractivity contribution in [3.63, 3.8) is 0 Å². The molecule has 0 unspecified atom stereocenters. The van der Waals surface area contributed by atoms with Gasteiger partial charge in [0.15, 0.2) is 0 Å². The molecule has 0 bridgehead atoms. The average molecular weight is 173 g/mol. The molecule has 0 amide bonds. The zero-order chi connectivity index (χ0) is 9.14. The second-order valence-corrected chi connectivity index (χ2v) is 3.33. The molecule has 0 spiro atoms. The summed E-state index contributed by atoms with van der Waals surface area (Å²) in [5.41, 5.74) is 5.34. The van der Waals surface area contributed by atoms with E-state index in [9.17, 15) is 0 Å². The first-order chi connectivity index (χ1) is 5.63. The molecule has 4 N–H and O–H groups in total. The first-order valence-corrected chi connectivity index (χ1v) is 4.00. The van der Waals surface area contributed by atoms with Crippen molar-refractivity contribution in [2.45, 2.75) is 18.9 Å². The van der Waals surface area contributed by atoms with Gasteiger partial charge in [0, 0.05) is 13.6 Å². The Bertz CT molecular complexity index is 177. The lowest BCUT2D eigenvalue weighted by molar-refractivity contribution is 0.0352. The summed E-state index contributed by atoms with van der Waals surface area (Å²) >= 11 is 0. The van der Waals surface area contributed by atoms with Gasteiger partial charge in [-0.05, 0) is 18.8 Å². The van der Waals surface area contributed by atoms with E-state index in [0.717, 1.165) is 19.4 Å². The highest BCUT2D eigenvalue weighted by molar-refractivity contribution is 5.77. The molecule has 0 atom stereocenters. The number of hydrogen-bond acceptors (Lipinski definition) is 3. The van der Waals surface area contributed by atoms with Crippen LogP contribution in [-0.2, 0) is 0 Å². The first-order valence-electron chi connectivity index (χ1n) is 4.00. The maximum Gasteiger partial charge on any atom is 0.233 e. The predicted molar refractivity (Wildman–Crippen MR) is 44.8 cm³/mol. The van der Waals surface area contributed by atoms with E-state index >= 15 is 0 Å². The van der Waals surface area contributed by atoms with Crippen molar-refractivity contribution >= 4 is 5.96 Å². The fourth-order valence-electron chi connectivity index (χ4n) is 1.41. The van der Waals surface area contributed by atoms with Crippen LogP contribution in [0.5, 0.6) is 0 Å². The SMILES string of the molecule is CN(CC1CC(O)C1)C(N)=NO. The molecular formula is C7H15N3O2. The van der Waals surface area contributed by atoms with Gasteiger partial charge in [0.25, 0.3) is 0 Å². The van der Waals surface area contributed by atoms with Gasteiger partial charge in [-0.25, -0.2) is 0 Å². The molecule has 5 heteroatoms. The molecular weight excluding hydrogens is 158 g/mol. The Morgan fingerprint density at radius 2 is 2.25 bits per heavy atom. The van der Waals surface area contributed by atoms with E-state index in [1.165, 1.54) is 0 Å². The standard InChI is InChI=1S/C7H15N3O2/c1-10(7(8)9-12)4-5-2-6(11)3-5/h5-6,11-12H,2-4H2,1H3,(H2,8,9).